The largest absolute Gasteiger partial charge is 0.485 e. The summed E-state index contributed by atoms with van der Waals surface area (Å²) in [6.45, 7) is 7.06. The molecule has 182 valence electrons. The first-order valence-corrected chi connectivity index (χ1v) is 13.4. The summed E-state index contributed by atoms with van der Waals surface area (Å²) in [7, 11) is 0. The minimum Gasteiger partial charge on any atom is -0.485 e. The van der Waals surface area contributed by atoms with Gasteiger partial charge < -0.3 is 14.6 Å². The third-order valence-electron chi connectivity index (χ3n) is 5.31. The van der Waals surface area contributed by atoms with Crippen molar-refractivity contribution in [2.75, 3.05) is 11.1 Å². The molecule has 0 spiro atoms. The number of aromatic nitrogens is 4. The molecule has 7 nitrogen and oxygen atoms in total. The highest BCUT2D eigenvalue weighted by Crippen LogP contribution is 2.32. The van der Waals surface area contributed by atoms with Gasteiger partial charge in [-0.1, -0.05) is 47.1 Å². The molecule has 4 rings (SSSR count). The Bertz CT molecular complexity index is 1360. The van der Waals surface area contributed by atoms with Gasteiger partial charge in [0.2, 0.25) is 5.91 Å². The summed E-state index contributed by atoms with van der Waals surface area (Å²) in [6.07, 6.45) is 0. The lowest BCUT2D eigenvalue weighted by Crippen LogP contribution is -2.14. The highest BCUT2D eigenvalue weighted by Gasteiger charge is 2.16. The fourth-order valence-electron chi connectivity index (χ4n) is 3.31. The van der Waals surface area contributed by atoms with Gasteiger partial charge in [0.15, 0.2) is 16.1 Å². The number of hydrogen-bond donors (Lipinski definition) is 1. The number of halogens is 2. The van der Waals surface area contributed by atoms with E-state index in [1.807, 2.05) is 35.9 Å². The highest BCUT2D eigenvalue weighted by atomic mass is 35.5. The van der Waals surface area contributed by atoms with E-state index < -0.39 is 0 Å². The first-order valence-electron chi connectivity index (χ1n) is 10.8. The number of rotatable bonds is 9. The third-order valence-corrected chi connectivity index (χ3v) is 7.58. The van der Waals surface area contributed by atoms with Crippen molar-refractivity contribution < 1.29 is 9.53 Å². The Kier molecular flexibility index (Phi) is 8.33. The molecule has 0 saturated carbocycles. The van der Waals surface area contributed by atoms with Gasteiger partial charge in [-0.05, 0) is 56.2 Å². The van der Waals surface area contributed by atoms with Gasteiger partial charge in [-0.2, -0.15) is 0 Å². The Morgan fingerprint density at radius 1 is 1.20 bits per heavy atom. The number of nitrogens with one attached hydrogen (secondary N) is 1. The van der Waals surface area contributed by atoms with E-state index in [4.69, 9.17) is 27.9 Å². The minimum atomic E-state index is -0.183. The van der Waals surface area contributed by atoms with Crippen LogP contribution in [0.5, 0.6) is 5.75 Å². The number of thiazole rings is 1. The van der Waals surface area contributed by atoms with E-state index in [9.17, 15) is 4.79 Å². The molecule has 0 aliphatic rings. The van der Waals surface area contributed by atoms with E-state index in [1.54, 1.807) is 18.2 Å². The minimum absolute atomic E-state index is 0.173. The average Bonchev–Trinajstić information content (AvgIpc) is 3.45. The van der Waals surface area contributed by atoms with E-state index in [1.165, 1.54) is 28.7 Å². The van der Waals surface area contributed by atoms with Crippen LogP contribution in [0.1, 0.15) is 23.9 Å². The van der Waals surface area contributed by atoms with Gasteiger partial charge in [0.25, 0.3) is 0 Å². The molecule has 0 fully saturated rings. The number of benzene rings is 2. The molecule has 1 N–H and O–H groups in total. The van der Waals surface area contributed by atoms with Gasteiger partial charge in [0.05, 0.1) is 16.5 Å². The van der Waals surface area contributed by atoms with Crippen LogP contribution in [-0.2, 0) is 17.9 Å². The van der Waals surface area contributed by atoms with Gasteiger partial charge in [-0.15, -0.1) is 21.5 Å². The molecule has 2 heterocycles. The second-order valence-electron chi connectivity index (χ2n) is 7.63. The van der Waals surface area contributed by atoms with Gasteiger partial charge in [-0.3, -0.25) is 4.79 Å². The smallest absolute Gasteiger partial charge is 0.236 e. The Balaban J connectivity index is 1.35. The summed E-state index contributed by atoms with van der Waals surface area (Å²) in [5.74, 6) is 1.52. The zero-order chi connectivity index (χ0) is 24.9. The van der Waals surface area contributed by atoms with Crippen LogP contribution in [-0.4, -0.2) is 31.4 Å². The summed E-state index contributed by atoms with van der Waals surface area (Å²) in [5, 5.41) is 15.4. The number of hydrogen-bond acceptors (Lipinski definition) is 7. The molecule has 11 heteroatoms. The number of anilines is 1. The van der Waals surface area contributed by atoms with Crippen molar-refractivity contribution in [1.82, 2.24) is 19.7 Å². The molecule has 0 saturated heterocycles. The van der Waals surface area contributed by atoms with Crippen LogP contribution in [0.25, 0.3) is 11.3 Å². The summed E-state index contributed by atoms with van der Waals surface area (Å²) in [5.41, 5.74) is 3.71. The maximum Gasteiger partial charge on any atom is 0.236 e. The molecular weight excluding hydrogens is 525 g/mol. The molecule has 0 bridgehead atoms. The molecule has 0 radical (unpaired) electrons. The quantitative estimate of drug-likeness (QED) is 0.236. The molecule has 1 amide bonds. The van der Waals surface area contributed by atoms with Gasteiger partial charge >= 0.3 is 0 Å². The first kappa shape index (κ1) is 25.5. The van der Waals surface area contributed by atoms with Gasteiger partial charge in [0.1, 0.15) is 12.4 Å². The van der Waals surface area contributed by atoms with E-state index in [2.05, 4.69) is 33.5 Å². The van der Waals surface area contributed by atoms with E-state index in [-0.39, 0.29) is 11.7 Å². The third kappa shape index (κ3) is 6.16. The van der Waals surface area contributed by atoms with Gasteiger partial charge in [0, 0.05) is 22.5 Å². The highest BCUT2D eigenvalue weighted by molar-refractivity contribution is 7.99. The second kappa shape index (κ2) is 11.4. The number of aryl methyl sites for hydroxylation is 1. The SMILES string of the molecule is CCn1c(COc2cccc(C)c2C)nnc1SCC(=O)Nc1nc(-c2ccc(Cl)cc2Cl)cs1. The fourth-order valence-corrected chi connectivity index (χ4v) is 5.36. The van der Waals surface area contributed by atoms with Crippen molar-refractivity contribution >= 4 is 57.3 Å². The lowest BCUT2D eigenvalue weighted by Gasteiger charge is -2.11. The topological polar surface area (TPSA) is 81.9 Å². The second-order valence-corrected chi connectivity index (χ2v) is 10.3. The Morgan fingerprint density at radius 2 is 2.03 bits per heavy atom. The summed E-state index contributed by atoms with van der Waals surface area (Å²) in [4.78, 5) is 17.0. The van der Waals surface area contributed by atoms with Crippen molar-refractivity contribution in [2.24, 2.45) is 0 Å². The van der Waals surface area contributed by atoms with Crippen molar-refractivity contribution in [3.63, 3.8) is 0 Å². The maximum atomic E-state index is 12.5. The van der Waals surface area contributed by atoms with Crippen molar-refractivity contribution in [1.29, 1.82) is 0 Å². The zero-order valence-electron chi connectivity index (χ0n) is 19.3. The molecule has 0 atom stereocenters. The molecular formula is C24H23Cl2N5O2S2. The zero-order valence-corrected chi connectivity index (χ0v) is 22.5. The van der Waals surface area contributed by atoms with Crippen molar-refractivity contribution in [2.45, 2.75) is 39.1 Å². The van der Waals surface area contributed by atoms with Crippen LogP contribution in [0.4, 0.5) is 5.13 Å². The molecule has 35 heavy (non-hydrogen) atoms. The average molecular weight is 549 g/mol. The van der Waals surface area contributed by atoms with Crippen molar-refractivity contribution in [3.05, 3.63) is 68.8 Å². The summed E-state index contributed by atoms with van der Waals surface area (Å²) < 4.78 is 7.93. The van der Waals surface area contributed by atoms with Gasteiger partial charge in [-0.25, -0.2) is 4.98 Å². The fraction of sp³-hybridized carbons (Fsp3) is 0.250. The number of nitrogens with zero attached hydrogens (tertiary/aromatic N) is 4. The molecule has 2 aromatic heterocycles. The normalized spacial score (nSPS) is 11.0. The number of ether oxygens (including phenoxy) is 1. The number of amides is 1. The van der Waals surface area contributed by atoms with Crippen LogP contribution in [0.3, 0.4) is 0 Å². The lowest BCUT2D eigenvalue weighted by atomic mass is 10.1. The van der Waals surface area contributed by atoms with E-state index >= 15 is 0 Å². The molecule has 2 aromatic carbocycles. The van der Waals surface area contributed by atoms with Crippen LogP contribution >= 0.6 is 46.3 Å². The van der Waals surface area contributed by atoms with Crippen LogP contribution < -0.4 is 10.1 Å². The Labute approximate surface area is 221 Å². The predicted octanol–water partition coefficient (Wildman–Crippen LogP) is 6.65. The molecule has 0 aliphatic heterocycles. The Hall–Kier alpha value is -2.59. The number of thioether (sulfide) groups is 1. The molecule has 0 unspecified atom stereocenters. The standard InChI is InChI=1S/C24H23Cl2N5O2S2/c1-4-31-21(11-33-20-7-5-6-14(2)15(20)3)29-30-24(31)35-13-22(32)28-23-27-19(12-34-23)17-9-8-16(25)10-18(17)26/h5-10,12H,4,11,13H2,1-3H3,(H,27,28,32). The summed E-state index contributed by atoms with van der Waals surface area (Å²) in [6, 6.07) is 11.2. The van der Waals surface area contributed by atoms with E-state index in [0.29, 0.717) is 45.0 Å². The number of carbonyl (C=O) groups is 1. The van der Waals surface area contributed by atoms with Crippen LogP contribution in [0.2, 0.25) is 10.0 Å². The Morgan fingerprint density at radius 3 is 2.80 bits per heavy atom. The van der Waals surface area contributed by atoms with E-state index in [0.717, 1.165) is 16.9 Å². The monoisotopic (exact) mass is 547 g/mol. The lowest BCUT2D eigenvalue weighted by molar-refractivity contribution is -0.113. The first-order chi connectivity index (χ1) is 16.9. The molecule has 4 aromatic rings. The van der Waals surface area contributed by atoms with Crippen molar-refractivity contribution in [3.8, 4) is 17.0 Å². The molecule has 0 aliphatic carbocycles. The maximum absolute atomic E-state index is 12.5. The number of carbonyl (C=O) groups excluding carboxylic acids is 1. The summed E-state index contributed by atoms with van der Waals surface area (Å²) >= 11 is 14.9. The van der Waals surface area contributed by atoms with Crippen LogP contribution in [0, 0.1) is 13.8 Å². The predicted molar refractivity (Wildman–Crippen MR) is 143 cm³/mol. The van der Waals surface area contributed by atoms with Crippen LogP contribution in [0.15, 0.2) is 46.9 Å².